The van der Waals surface area contributed by atoms with Crippen molar-refractivity contribution in [2.24, 2.45) is 0 Å². The molecule has 0 spiro atoms. The Labute approximate surface area is 97.9 Å². The standard InChI is InChI=1S/C12H10ClNO2/c13-10-5-2-1-4-9(10)8-14-7-3-6-11(14)12(15)16/h1-7H,8H2,(H,15,16). The van der Waals surface area contributed by atoms with Gasteiger partial charge in [0.2, 0.25) is 0 Å². The van der Waals surface area contributed by atoms with E-state index < -0.39 is 5.97 Å². The van der Waals surface area contributed by atoms with E-state index in [2.05, 4.69) is 0 Å². The van der Waals surface area contributed by atoms with Crippen LogP contribution in [0.25, 0.3) is 0 Å². The Hall–Kier alpha value is -1.74. The van der Waals surface area contributed by atoms with Crippen molar-refractivity contribution in [1.29, 1.82) is 0 Å². The molecule has 1 aromatic heterocycles. The summed E-state index contributed by atoms with van der Waals surface area (Å²) in [7, 11) is 0. The molecule has 0 unspecified atom stereocenters. The molecule has 2 aromatic rings. The summed E-state index contributed by atoms with van der Waals surface area (Å²) in [5, 5.41) is 9.59. The Morgan fingerprint density at radius 2 is 2.00 bits per heavy atom. The zero-order valence-corrected chi connectivity index (χ0v) is 9.19. The van der Waals surface area contributed by atoms with E-state index in [4.69, 9.17) is 16.7 Å². The number of hydrogen-bond acceptors (Lipinski definition) is 1. The van der Waals surface area contributed by atoms with Gasteiger partial charge in [-0.3, -0.25) is 0 Å². The molecule has 1 heterocycles. The first-order chi connectivity index (χ1) is 7.68. The van der Waals surface area contributed by atoms with Gasteiger partial charge in [0.25, 0.3) is 0 Å². The number of carboxylic acid groups (broad SMARTS) is 1. The summed E-state index contributed by atoms with van der Waals surface area (Å²) >= 11 is 6.01. The van der Waals surface area contributed by atoms with Gasteiger partial charge in [-0.05, 0) is 23.8 Å². The molecular formula is C12H10ClNO2. The highest BCUT2D eigenvalue weighted by Crippen LogP contribution is 2.17. The van der Waals surface area contributed by atoms with Crippen molar-refractivity contribution in [2.45, 2.75) is 6.54 Å². The number of nitrogens with zero attached hydrogens (tertiary/aromatic N) is 1. The third kappa shape index (κ3) is 2.09. The molecule has 1 aromatic carbocycles. The summed E-state index contributed by atoms with van der Waals surface area (Å²) in [5.41, 5.74) is 1.17. The van der Waals surface area contributed by atoms with Gasteiger partial charge in [-0.15, -0.1) is 0 Å². The first-order valence-electron chi connectivity index (χ1n) is 4.80. The van der Waals surface area contributed by atoms with Crippen LogP contribution in [-0.4, -0.2) is 15.6 Å². The van der Waals surface area contributed by atoms with Crippen LogP contribution in [0.4, 0.5) is 0 Å². The molecule has 0 saturated carbocycles. The van der Waals surface area contributed by atoms with Gasteiger partial charge in [-0.1, -0.05) is 29.8 Å². The van der Waals surface area contributed by atoms with Crippen LogP contribution < -0.4 is 0 Å². The lowest BCUT2D eigenvalue weighted by Gasteiger charge is -2.07. The lowest BCUT2D eigenvalue weighted by Crippen LogP contribution is -2.08. The van der Waals surface area contributed by atoms with E-state index in [1.807, 2.05) is 18.2 Å². The van der Waals surface area contributed by atoms with Crippen LogP contribution >= 0.6 is 11.6 Å². The summed E-state index contributed by atoms with van der Waals surface area (Å²) in [5.74, 6) is -0.933. The van der Waals surface area contributed by atoms with Gasteiger partial charge in [0, 0.05) is 17.8 Å². The lowest BCUT2D eigenvalue weighted by molar-refractivity contribution is 0.0685. The van der Waals surface area contributed by atoms with Crippen molar-refractivity contribution in [3.63, 3.8) is 0 Å². The quantitative estimate of drug-likeness (QED) is 0.889. The zero-order valence-electron chi connectivity index (χ0n) is 8.43. The van der Waals surface area contributed by atoms with E-state index in [1.165, 1.54) is 0 Å². The van der Waals surface area contributed by atoms with Gasteiger partial charge in [0.15, 0.2) is 0 Å². The van der Waals surface area contributed by atoms with Gasteiger partial charge < -0.3 is 9.67 Å². The molecule has 0 saturated heterocycles. The summed E-state index contributed by atoms with van der Waals surface area (Å²) in [6.07, 6.45) is 1.73. The third-order valence-electron chi connectivity index (χ3n) is 2.35. The van der Waals surface area contributed by atoms with Crippen molar-refractivity contribution in [1.82, 2.24) is 4.57 Å². The average Bonchev–Trinajstić information content (AvgIpc) is 2.69. The summed E-state index contributed by atoms with van der Waals surface area (Å²) < 4.78 is 1.66. The number of aromatic nitrogens is 1. The van der Waals surface area contributed by atoms with Crippen LogP contribution in [0.5, 0.6) is 0 Å². The monoisotopic (exact) mass is 235 g/mol. The molecule has 0 aliphatic carbocycles. The zero-order chi connectivity index (χ0) is 11.5. The second-order valence-electron chi connectivity index (χ2n) is 3.42. The summed E-state index contributed by atoms with van der Waals surface area (Å²) in [6, 6.07) is 10.7. The normalized spacial score (nSPS) is 10.3. The van der Waals surface area contributed by atoms with Crippen LogP contribution in [0.1, 0.15) is 16.1 Å². The number of benzene rings is 1. The Balaban J connectivity index is 2.31. The van der Waals surface area contributed by atoms with Crippen LogP contribution in [0.3, 0.4) is 0 Å². The number of rotatable bonds is 3. The minimum atomic E-state index is -0.933. The summed E-state index contributed by atoms with van der Waals surface area (Å²) in [6.45, 7) is 0.467. The van der Waals surface area contributed by atoms with Crippen molar-refractivity contribution >= 4 is 17.6 Å². The number of carbonyl (C=O) groups is 1. The van der Waals surface area contributed by atoms with Crippen LogP contribution in [0, 0.1) is 0 Å². The molecule has 0 fully saturated rings. The molecule has 0 bridgehead atoms. The molecule has 0 atom stereocenters. The van der Waals surface area contributed by atoms with E-state index in [0.29, 0.717) is 11.6 Å². The second-order valence-corrected chi connectivity index (χ2v) is 3.83. The van der Waals surface area contributed by atoms with E-state index in [9.17, 15) is 4.79 Å². The minimum Gasteiger partial charge on any atom is -0.477 e. The molecule has 0 aliphatic rings. The maximum atomic E-state index is 10.9. The maximum Gasteiger partial charge on any atom is 0.352 e. The second kappa shape index (κ2) is 4.41. The van der Waals surface area contributed by atoms with E-state index in [1.54, 1.807) is 29.0 Å². The smallest absolute Gasteiger partial charge is 0.352 e. The highest BCUT2D eigenvalue weighted by atomic mass is 35.5. The van der Waals surface area contributed by atoms with E-state index in [-0.39, 0.29) is 5.69 Å². The highest BCUT2D eigenvalue weighted by molar-refractivity contribution is 6.31. The molecular weight excluding hydrogens is 226 g/mol. The molecule has 82 valence electrons. The van der Waals surface area contributed by atoms with Crippen LogP contribution in [0.2, 0.25) is 5.02 Å². The van der Waals surface area contributed by atoms with E-state index >= 15 is 0 Å². The molecule has 1 N–H and O–H groups in total. The predicted octanol–water partition coefficient (Wildman–Crippen LogP) is 2.89. The minimum absolute atomic E-state index is 0.264. The Kier molecular flexibility index (Phi) is 2.97. The molecule has 4 heteroatoms. The van der Waals surface area contributed by atoms with Gasteiger partial charge in [0.1, 0.15) is 5.69 Å². The first-order valence-corrected chi connectivity index (χ1v) is 5.18. The van der Waals surface area contributed by atoms with Gasteiger partial charge >= 0.3 is 5.97 Å². The maximum absolute atomic E-state index is 10.9. The molecule has 0 amide bonds. The molecule has 0 aliphatic heterocycles. The van der Waals surface area contributed by atoms with E-state index in [0.717, 1.165) is 5.56 Å². The highest BCUT2D eigenvalue weighted by Gasteiger charge is 2.09. The number of hydrogen-bond donors (Lipinski definition) is 1. The van der Waals surface area contributed by atoms with Crippen molar-refractivity contribution < 1.29 is 9.90 Å². The average molecular weight is 236 g/mol. The molecule has 2 rings (SSSR count). The first kappa shape index (κ1) is 10.8. The fourth-order valence-corrected chi connectivity index (χ4v) is 1.75. The van der Waals surface area contributed by atoms with Crippen molar-refractivity contribution in [2.75, 3.05) is 0 Å². The topological polar surface area (TPSA) is 42.2 Å². The Morgan fingerprint density at radius 3 is 2.69 bits per heavy atom. The number of aromatic carboxylic acids is 1. The van der Waals surface area contributed by atoms with Crippen LogP contribution in [-0.2, 0) is 6.54 Å². The Bertz CT molecular complexity index is 519. The SMILES string of the molecule is O=C(O)c1cccn1Cc1ccccc1Cl. The van der Waals surface area contributed by atoms with Crippen molar-refractivity contribution in [3.05, 3.63) is 58.9 Å². The van der Waals surface area contributed by atoms with Gasteiger partial charge in [-0.25, -0.2) is 4.79 Å². The molecule has 0 radical (unpaired) electrons. The molecule has 16 heavy (non-hydrogen) atoms. The Morgan fingerprint density at radius 1 is 1.25 bits per heavy atom. The number of carboxylic acids is 1. The summed E-state index contributed by atoms with van der Waals surface area (Å²) in [4.78, 5) is 10.9. The molecule has 3 nitrogen and oxygen atoms in total. The van der Waals surface area contributed by atoms with Crippen molar-refractivity contribution in [3.8, 4) is 0 Å². The van der Waals surface area contributed by atoms with Crippen LogP contribution in [0.15, 0.2) is 42.6 Å². The number of halogens is 1. The lowest BCUT2D eigenvalue weighted by atomic mass is 10.2. The van der Waals surface area contributed by atoms with Gasteiger partial charge in [0.05, 0.1) is 0 Å². The van der Waals surface area contributed by atoms with Gasteiger partial charge in [-0.2, -0.15) is 0 Å². The predicted molar refractivity (Wildman–Crippen MR) is 61.9 cm³/mol. The fraction of sp³-hybridized carbons (Fsp3) is 0.0833. The third-order valence-corrected chi connectivity index (χ3v) is 2.72. The largest absolute Gasteiger partial charge is 0.477 e. The fourth-order valence-electron chi connectivity index (χ4n) is 1.56.